The first kappa shape index (κ1) is 17.8. The van der Waals surface area contributed by atoms with Gasteiger partial charge in [-0.15, -0.1) is 0 Å². The molecular weight excluding hydrogens is 362 g/mol. The van der Waals surface area contributed by atoms with Crippen molar-refractivity contribution in [2.24, 2.45) is 7.05 Å². The van der Waals surface area contributed by atoms with Crippen LogP contribution in [0.3, 0.4) is 0 Å². The lowest BCUT2D eigenvalue weighted by molar-refractivity contribution is 0.429. The minimum atomic E-state index is 0.435. The predicted octanol–water partition coefficient (Wildman–Crippen LogP) is 4.40. The Morgan fingerprint density at radius 3 is 2.72 bits per heavy atom. The van der Waals surface area contributed by atoms with Gasteiger partial charge in [-0.2, -0.15) is 5.10 Å². The van der Waals surface area contributed by atoms with Gasteiger partial charge in [-0.3, -0.25) is 4.68 Å². The van der Waals surface area contributed by atoms with E-state index in [9.17, 15) is 0 Å². The molecule has 0 bridgehead atoms. The first-order chi connectivity index (χ1) is 14.3. The van der Waals surface area contributed by atoms with Gasteiger partial charge in [-0.25, -0.2) is 15.0 Å². The zero-order chi connectivity index (χ0) is 19.6. The average Bonchev–Trinajstić information content (AvgIpc) is 3.36. The van der Waals surface area contributed by atoms with E-state index in [1.165, 1.54) is 24.8 Å². The minimum Gasteiger partial charge on any atom is -0.336 e. The van der Waals surface area contributed by atoms with Gasteiger partial charge in [0.2, 0.25) is 0 Å². The molecule has 1 saturated carbocycles. The van der Waals surface area contributed by atoms with E-state index in [2.05, 4.69) is 27.5 Å². The Morgan fingerprint density at radius 2 is 1.90 bits per heavy atom. The number of anilines is 2. The molecule has 5 rings (SSSR count). The van der Waals surface area contributed by atoms with E-state index in [1.807, 2.05) is 46.9 Å². The zero-order valence-corrected chi connectivity index (χ0v) is 16.6. The van der Waals surface area contributed by atoms with Crippen LogP contribution in [0.2, 0.25) is 0 Å². The summed E-state index contributed by atoms with van der Waals surface area (Å²) in [5.74, 6) is 2.12. The monoisotopic (exact) mass is 387 g/mol. The molecule has 0 radical (unpaired) electrons. The third-order valence-electron chi connectivity index (χ3n) is 5.63. The summed E-state index contributed by atoms with van der Waals surface area (Å²) < 4.78 is 3.89. The van der Waals surface area contributed by atoms with E-state index >= 15 is 0 Å². The molecule has 29 heavy (non-hydrogen) atoms. The third kappa shape index (κ3) is 3.72. The number of imidazole rings is 1. The second-order valence-corrected chi connectivity index (χ2v) is 7.83. The molecule has 1 N–H and O–H groups in total. The molecule has 1 aromatic carbocycles. The number of benzene rings is 1. The van der Waals surface area contributed by atoms with Crippen LogP contribution in [-0.4, -0.2) is 29.3 Å². The fraction of sp³-hybridized carbons (Fsp3) is 0.364. The van der Waals surface area contributed by atoms with Crippen LogP contribution in [0.5, 0.6) is 0 Å². The third-order valence-corrected chi connectivity index (χ3v) is 5.63. The number of aromatic nitrogens is 6. The molecule has 148 valence electrons. The van der Waals surface area contributed by atoms with Crippen molar-refractivity contribution in [1.29, 1.82) is 0 Å². The van der Waals surface area contributed by atoms with Crippen molar-refractivity contribution in [1.82, 2.24) is 29.3 Å². The molecule has 4 aromatic rings. The molecule has 0 amide bonds. The van der Waals surface area contributed by atoms with Crippen LogP contribution < -0.4 is 5.32 Å². The molecule has 7 heteroatoms. The lowest BCUT2D eigenvalue weighted by atomic mass is 9.89. The van der Waals surface area contributed by atoms with Gasteiger partial charge in [0.05, 0.1) is 24.8 Å². The molecule has 0 aliphatic heterocycles. The molecule has 0 spiro atoms. The van der Waals surface area contributed by atoms with Gasteiger partial charge >= 0.3 is 0 Å². The molecule has 3 aromatic heterocycles. The van der Waals surface area contributed by atoms with Gasteiger partial charge in [-0.05, 0) is 18.4 Å². The lowest BCUT2D eigenvalue weighted by Gasteiger charge is -2.20. The average molecular weight is 387 g/mol. The van der Waals surface area contributed by atoms with Crippen molar-refractivity contribution < 1.29 is 0 Å². The quantitative estimate of drug-likeness (QED) is 0.549. The zero-order valence-electron chi connectivity index (χ0n) is 16.6. The van der Waals surface area contributed by atoms with Crippen LogP contribution in [0.1, 0.15) is 49.4 Å². The molecule has 3 heterocycles. The Morgan fingerprint density at radius 1 is 1.07 bits per heavy atom. The Labute approximate surface area is 169 Å². The normalized spacial score (nSPS) is 15.1. The highest BCUT2D eigenvalue weighted by molar-refractivity contribution is 5.85. The van der Waals surface area contributed by atoms with Crippen molar-refractivity contribution in [3.63, 3.8) is 0 Å². The number of nitrogens with zero attached hydrogens (tertiary/aromatic N) is 6. The van der Waals surface area contributed by atoms with Crippen LogP contribution in [0.4, 0.5) is 11.5 Å². The maximum absolute atomic E-state index is 4.89. The van der Waals surface area contributed by atoms with E-state index < -0.39 is 0 Å². The first-order valence-electron chi connectivity index (χ1n) is 10.3. The maximum atomic E-state index is 4.89. The number of rotatable bonds is 5. The minimum absolute atomic E-state index is 0.435. The van der Waals surface area contributed by atoms with Gasteiger partial charge in [0.15, 0.2) is 17.0 Å². The summed E-state index contributed by atoms with van der Waals surface area (Å²) in [6.45, 7) is 0.735. The van der Waals surface area contributed by atoms with Crippen molar-refractivity contribution in [3.8, 4) is 0 Å². The summed E-state index contributed by atoms with van der Waals surface area (Å²) in [5, 5.41) is 7.93. The molecule has 1 fully saturated rings. The number of hydrogen-bond acceptors (Lipinski definition) is 5. The Balaban J connectivity index is 1.44. The fourth-order valence-electron chi connectivity index (χ4n) is 4.08. The van der Waals surface area contributed by atoms with E-state index in [0.717, 1.165) is 47.9 Å². The van der Waals surface area contributed by atoms with Crippen molar-refractivity contribution in [2.75, 3.05) is 5.32 Å². The Kier molecular flexibility index (Phi) is 4.71. The number of fused-ring (bicyclic) bond motifs is 1. The number of aryl methyl sites for hydroxylation is 1. The maximum Gasteiger partial charge on any atom is 0.165 e. The van der Waals surface area contributed by atoms with Gasteiger partial charge in [0, 0.05) is 19.2 Å². The SMILES string of the molecule is Cn1cnc2c(Nc3cnn(Cc4ccccc4)c3)nc(C3CCCCC3)nc21. The van der Waals surface area contributed by atoms with Gasteiger partial charge in [-0.1, -0.05) is 49.6 Å². The van der Waals surface area contributed by atoms with E-state index in [0.29, 0.717) is 5.92 Å². The van der Waals surface area contributed by atoms with Crippen LogP contribution in [-0.2, 0) is 13.6 Å². The van der Waals surface area contributed by atoms with Crippen LogP contribution in [0, 0.1) is 0 Å². The summed E-state index contributed by atoms with van der Waals surface area (Å²) in [6, 6.07) is 10.3. The molecule has 1 aliphatic carbocycles. The Bertz CT molecular complexity index is 1110. The second kappa shape index (κ2) is 7.66. The second-order valence-electron chi connectivity index (χ2n) is 7.83. The molecule has 1 aliphatic rings. The topological polar surface area (TPSA) is 73.5 Å². The largest absolute Gasteiger partial charge is 0.336 e. The van der Waals surface area contributed by atoms with Crippen molar-refractivity contribution >= 4 is 22.7 Å². The highest BCUT2D eigenvalue weighted by Gasteiger charge is 2.21. The molecule has 0 unspecified atom stereocenters. The Hall–Kier alpha value is -3.22. The molecule has 0 saturated heterocycles. The number of hydrogen-bond donors (Lipinski definition) is 1. The lowest BCUT2D eigenvalue weighted by Crippen LogP contribution is -2.11. The summed E-state index contributed by atoms with van der Waals surface area (Å²) in [7, 11) is 1.98. The first-order valence-corrected chi connectivity index (χ1v) is 10.3. The van der Waals surface area contributed by atoms with Gasteiger partial charge in [0.25, 0.3) is 0 Å². The van der Waals surface area contributed by atoms with E-state index in [-0.39, 0.29) is 0 Å². The summed E-state index contributed by atoms with van der Waals surface area (Å²) in [4.78, 5) is 14.3. The van der Waals surface area contributed by atoms with Crippen molar-refractivity contribution in [2.45, 2.75) is 44.6 Å². The number of nitrogens with one attached hydrogen (secondary N) is 1. The van der Waals surface area contributed by atoms with E-state index in [1.54, 1.807) is 6.33 Å². The summed E-state index contributed by atoms with van der Waals surface area (Å²) >= 11 is 0. The summed E-state index contributed by atoms with van der Waals surface area (Å²) in [5.41, 5.74) is 3.79. The van der Waals surface area contributed by atoms with Crippen LogP contribution >= 0.6 is 0 Å². The predicted molar refractivity (Wildman–Crippen MR) is 113 cm³/mol. The molecular formula is C22H25N7. The van der Waals surface area contributed by atoms with Gasteiger partial charge < -0.3 is 9.88 Å². The van der Waals surface area contributed by atoms with Crippen LogP contribution in [0.25, 0.3) is 11.2 Å². The van der Waals surface area contributed by atoms with E-state index in [4.69, 9.17) is 9.97 Å². The highest BCUT2D eigenvalue weighted by Crippen LogP contribution is 2.33. The van der Waals surface area contributed by atoms with Crippen LogP contribution in [0.15, 0.2) is 49.1 Å². The smallest absolute Gasteiger partial charge is 0.165 e. The van der Waals surface area contributed by atoms with Crippen molar-refractivity contribution in [3.05, 3.63) is 60.4 Å². The fourth-order valence-corrected chi connectivity index (χ4v) is 4.08. The standard InChI is InChI=1S/C22H25N7/c1-28-15-23-19-21(26-20(27-22(19)28)17-10-6-3-7-11-17)25-18-12-24-29(14-18)13-16-8-4-2-5-9-16/h2,4-5,8-9,12,14-15,17H,3,6-7,10-11,13H2,1H3,(H,25,26,27). The summed E-state index contributed by atoms with van der Waals surface area (Å²) in [6.07, 6.45) is 11.8. The van der Waals surface area contributed by atoms with Gasteiger partial charge in [0.1, 0.15) is 5.82 Å². The highest BCUT2D eigenvalue weighted by atomic mass is 15.3. The molecule has 7 nitrogen and oxygen atoms in total. The molecule has 0 atom stereocenters.